The highest BCUT2D eigenvalue weighted by atomic mass is 16.2. The fourth-order valence-electron chi connectivity index (χ4n) is 3.96. The molecule has 24 heavy (non-hydrogen) atoms. The van der Waals surface area contributed by atoms with Crippen LogP contribution in [0.25, 0.3) is 0 Å². The van der Waals surface area contributed by atoms with Gasteiger partial charge in [0.1, 0.15) is 5.82 Å². The van der Waals surface area contributed by atoms with E-state index in [1.807, 2.05) is 41.4 Å². The third-order valence-electron chi connectivity index (χ3n) is 5.28. The molecular formula is C20H23N3O. The highest BCUT2D eigenvalue weighted by Crippen LogP contribution is 2.42. The van der Waals surface area contributed by atoms with E-state index in [0.29, 0.717) is 24.2 Å². The summed E-state index contributed by atoms with van der Waals surface area (Å²) in [7, 11) is 0. The van der Waals surface area contributed by atoms with Crippen LogP contribution in [0.15, 0.2) is 36.5 Å². The van der Waals surface area contributed by atoms with E-state index in [2.05, 4.69) is 18.8 Å². The lowest BCUT2D eigenvalue weighted by Crippen LogP contribution is -2.31. The van der Waals surface area contributed by atoms with Crippen molar-refractivity contribution in [3.63, 3.8) is 0 Å². The zero-order chi connectivity index (χ0) is 16.7. The zero-order valence-electron chi connectivity index (χ0n) is 14.3. The smallest absolute Gasteiger partial charge is 0.227 e. The Kier molecular flexibility index (Phi) is 3.83. The SMILES string of the molecule is CC(C)c1ncc2c(n1)C[C@@H]1CN(C(=O)Cc3ccccc3)C[C@H]21. The first-order chi connectivity index (χ1) is 11.6. The van der Waals surface area contributed by atoms with Gasteiger partial charge in [-0.25, -0.2) is 9.97 Å². The Labute approximate surface area is 142 Å². The van der Waals surface area contributed by atoms with Crippen LogP contribution in [0.2, 0.25) is 0 Å². The van der Waals surface area contributed by atoms with Crippen LogP contribution in [0, 0.1) is 5.92 Å². The normalized spacial score (nSPS) is 21.9. The van der Waals surface area contributed by atoms with Gasteiger partial charge in [0, 0.05) is 36.8 Å². The van der Waals surface area contributed by atoms with Crippen LogP contribution >= 0.6 is 0 Å². The van der Waals surface area contributed by atoms with E-state index in [1.54, 1.807) is 0 Å². The zero-order valence-corrected chi connectivity index (χ0v) is 14.3. The van der Waals surface area contributed by atoms with Gasteiger partial charge in [-0.3, -0.25) is 4.79 Å². The Morgan fingerprint density at radius 1 is 1.25 bits per heavy atom. The average Bonchev–Trinajstić information content (AvgIpc) is 3.12. The molecule has 2 aliphatic rings. The molecule has 0 bridgehead atoms. The topological polar surface area (TPSA) is 46.1 Å². The summed E-state index contributed by atoms with van der Waals surface area (Å²) in [6.07, 6.45) is 3.49. The van der Waals surface area contributed by atoms with Gasteiger partial charge in [0.15, 0.2) is 0 Å². The number of carbonyl (C=O) groups is 1. The third kappa shape index (κ3) is 2.70. The molecule has 124 valence electrons. The minimum absolute atomic E-state index is 0.233. The summed E-state index contributed by atoms with van der Waals surface area (Å²) in [6.45, 7) is 5.92. The van der Waals surface area contributed by atoms with Crippen molar-refractivity contribution in [3.8, 4) is 0 Å². The number of rotatable bonds is 3. The molecule has 1 aromatic carbocycles. The quantitative estimate of drug-likeness (QED) is 0.873. The maximum absolute atomic E-state index is 12.6. The van der Waals surface area contributed by atoms with Crippen molar-refractivity contribution in [1.82, 2.24) is 14.9 Å². The van der Waals surface area contributed by atoms with Crippen LogP contribution in [0.4, 0.5) is 0 Å². The van der Waals surface area contributed by atoms with Crippen LogP contribution in [0.3, 0.4) is 0 Å². The number of likely N-dealkylation sites (tertiary alicyclic amines) is 1. The number of carbonyl (C=O) groups excluding carboxylic acids is 1. The Morgan fingerprint density at radius 3 is 2.79 bits per heavy atom. The van der Waals surface area contributed by atoms with Crippen molar-refractivity contribution in [2.75, 3.05) is 13.1 Å². The number of fused-ring (bicyclic) bond motifs is 3. The second-order valence-corrected chi connectivity index (χ2v) is 7.32. The summed E-state index contributed by atoms with van der Waals surface area (Å²) >= 11 is 0. The fraction of sp³-hybridized carbons (Fsp3) is 0.450. The van der Waals surface area contributed by atoms with Crippen LogP contribution < -0.4 is 0 Å². The summed E-state index contributed by atoms with van der Waals surface area (Å²) in [6, 6.07) is 10.00. The first-order valence-electron chi connectivity index (χ1n) is 8.79. The third-order valence-corrected chi connectivity index (χ3v) is 5.28. The summed E-state index contributed by atoms with van der Waals surface area (Å²) in [5.41, 5.74) is 3.56. The van der Waals surface area contributed by atoms with Gasteiger partial charge in [-0.15, -0.1) is 0 Å². The van der Waals surface area contributed by atoms with Gasteiger partial charge in [-0.05, 0) is 23.5 Å². The molecule has 4 rings (SSSR count). The summed E-state index contributed by atoms with van der Waals surface area (Å²) in [5, 5.41) is 0. The lowest BCUT2D eigenvalue weighted by atomic mass is 9.97. The van der Waals surface area contributed by atoms with Crippen molar-refractivity contribution in [3.05, 3.63) is 59.2 Å². The summed E-state index contributed by atoms with van der Waals surface area (Å²) < 4.78 is 0. The monoisotopic (exact) mass is 321 g/mol. The molecule has 0 unspecified atom stereocenters. The molecule has 1 amide bonds. The van der Waals surface area contributed by atoms with Gasteiger partial charge in [0.2, 0.25) is 5.91 Å². The minimum Gasteiger partial charge on any atom is -0.341 e. The largest absolute Gasteiger partial charge is 0.341 e. The Balaban J connectivity index is 1.47. The molecular weight excluding hydrogens is 298 g/mol. The molecule has 4 heteroatoms. The van der Waals surface area contributed by atoms with Crippen LogP contribution in [0.1, 0.15) is 48.3 Å². The van der Waals surface area contributed by atoms with Crippen LogP contribution in [-0.4, -0.2) is 33.9 Å². The molecule has 1 fully saturated rings. The van der Waals surface area contributed by atoms with E-state index in [-0.39, 0.29) is 5.91 Å². The second-order valence-electron chi connectivity index (χ2n) is 7.32. The maximum Gasteiger partial charge on any atom is 0.227 e. The molecule has 0 radical (unpaired) electrons. The number of aromatic nitrogens is 2. The molecule has 2 aromatic rings. The van der Waals surface area contributed by atoms with Gasteiger partial charge >= 0.3 is 0 Å². The molecule has 0 spiro atoms. The van der Waals surface area contributed by atoms with Crippen LogP contribution in [0.5, 0.6) is 0 Å². The van der Waals surface area contributed by atoms with Crippen molar-refractivity contribution in [2.24, 2.45) is 5.92 Å². The van der Waals surface area contributed by atoms with Gasteiger partial charge in [-0.2, -0.15) is 0 Å². The number of amides is 1. The predicted octanol–water partition coefficient (Wildman–Crippen LogP) is 2.94. The van der Waals surface area contributed by atoms with Gasteiger partial charge < -0.3 is 4.90 Å². The summed E-state index contributed by atoms with van der Waals surface area (Å²) in [5.74, 6) is 2.46. The molecule has 0 N–H and O–H groups in total. The van der Waals surface area contributed by atoms with E-state index in [1.165, 1.54) is 11.3 Å². The highest BCUT2D eigenvalue weighted by molar-refractivity contribution is 5.79. The predicted molar refractivity (Wildman–Crippen MR) is 92.8 cm³/mol. The summed E-state index contributed by atoms with van der Waals surface area (Å²) in [4.78, 5) is 23.9. The molecule has 1 aromatic heterocycles. The first-order valence-corrected chi connectivity index (χ1v) is 8.79. The molecule has 1 saturated heterocycles. The van der Waals surface area contributed by atoms with Crippen molar-refractivity contribution in [2.45, 2.75) is 38.5 Å². The number of hydrogen-bond donors (Lipinski definition) is 0. The Hall–Kier alpha value is -2.23. The van der Waals surface area contributed by atoms with Crippen molar-refractivity contribution >= 4 is 5.91 Å². The van der Waals surface area contributed by atoms with Crippen molar-refractivity contribution in [1.29, 1.82) is 0 Å². The van der Waals surface area contributed by atoms with Gasteiger partial charge in [-0.1, -0.05) is 44.2 Å². The first kappa shape index (κ1) is 15.3. The number of hydrogen-bond acceptors (Lipinski definition) is 3. The Bertz CT molecular complexity index is 757. The Morgan fingerprint density at radius 2 is 2.04 bits per heavy atom. The lowest BCUT2D eigenvalue weighted by Gasteiger charge is -2.18. The molecule has 0 saturated carbocycles. The van der Waals surface area contributed by atoms with E-state index in [9.17, 15) is 4.79 Å². The van der Waals surface area contributed by atoms with E-state index >= 15 is 0 Å². The van der Waals surface area contributed by atoms with E-state index < -0.39 is 0 Å². The molecule has 2 atom stereocenters. The number of nitrogens with zero attached hydrogens (tertiary/aromatic N) is 3. The van der Waals surface area contributed by atoms with Gasteiger partial charge in [0.25, 0.3) is 0 Å². The molecule has 2 heterocycles. The maximum atomic E-state index is 12.6. The highest BCUT2D eigenvalue weighted by Gasteiger charge is 2.42. The lowest BCUT2D eigenvalue weighted by molar-refractivity contribution is -0.129. The number of benzene rings is 1. The van der Waals surface area contributed by atoms with E-state index in [0.717, 1.165) is 30.9 Å². The van der Waals surface area contributed by atoms with Crippen LogP contribution in [-0.2, 0) is 17.6 Å². The average molecular weight is 321 g/mol. The molecule has 1 aliphatic heterocycles. The standard InChI is InChI=1S/C20H23N3O/c1-13(2)20-21-10-16-17-12-23(11-15(17)9-18(16)22-20)19(24)8-14-6-4-3-5-7-14/h3-7,10,13,15,17H,8-9,11-12H2,1-2H3/t15-,17+/m1/s1. The van der Waals surface area contributed by atoms with Gasteiger partial charge in [0.05, 0.1) is 6.42 Å². The molecule has 1 aliphatic carbocycles. The second kappa shape index (κ2) is 6.00. The fourth-order valence-corrected chi connectivity index (χ4v) is 3.96. The van der Waals surface area contributed by atoms with Crippen molar-refractivity contribution < 1.29 is 4.79 Å². The minimum atomic E-state index is 0.233. The van der Waals surface area contributed by atoms with E-state index in [4.69, 9.17) is 4.98 Å². The molecule has 4 nitrogen and oxygen atoms in total.